The summed E-state index contributed by atoms with van der Waals surface area (Å²) < 4.78 is 3.43. The number of anilines is 3. The Kier molecular flexibility index (Phi) is 4.80. The summed E-state index contributed by atoms with van der Waals surface area (Å²) in [5.74, 6) is 0.489. The van der Waals surface area contributed by atoms with Crippen molar-refractivity contribution in [3.63, 3.8) is 0 Å². The molecule has 3 heterocycles. The summed E-state index contributed by atoms with van der Waals surface area (Å²) in [6.45, 7) is 8.94. The summed E-state index contributed by atoms with van der Waals surface area (Å²) in [4.78, 5) is 26.0. The van der Waals surface area contributed by atoms with Gasteiger partial charge in [-0.1, -0.05) is 0 Å². The molecule has 1 fully saturated rings. The molecule has 1 N–H and O–H groups in total. The molecule has 1 aromatic carbocycles. The van der Waals surface area contributed by atoms with Gasteiger partial charge in [0.2, 0.25) is 5.95 Å². The minimum absolute atomic E-state index is 0.0566. The molecule has 0 bridgehead atoms. The van der Waals surface area contributed by atoms with Gasteiger partial charge in [-0.2, -0.15) is 4.98 Å². The first kappa shape index (κ1) is 18.5. The van der Waals surface area contributed by atoms with Crippen LogP contribution in [0.3, 0.4) is 0 Å². The zero-order valence-electron chi connectivity index (χ0n) is 16.9. The number of hydrogen-bond donors (Lipinski definition) is 1. The van der Waals surface area contributed by atoms with E-state index in [2.05, 4.69) is 57.3 Å². The van der Waals surface area contributed by atoms with Crippen molar-refractivity contribution in [1.29, 1.82) is 0 Å². The lowest BCUT2D eigenvalue weighted by Crippen LogP contribution is -2.44. The first-order valence-corrected chi connectivity index (χ1v) is 9.71. The molecule has 28 heavy (non-hydrogen) atoms. The van der Waals surface area contributed by atoms with Crippen molar-refractivity contribution in [3.05, 3.63) is 40.3 Å². The molecule has 1 saturated heterocycles. The lowest BCUT2D eigenvalue weighted by Gasteiger charge is -2.35. The van der Waals surface area contributed by atoms with E-state index in [1.54, 1.807) is 15.6 Å². The van der Waals surface area contributed by atoms with Crippen LogP contribution in [0.1, 0.15) is 12.5 Å². The van der Waals surface area contributed by atoms with Gasteiger partial charge in [0, 0.05) is 57.3 Å². The first-order valence-electron chi connectivity index (χ1n) is 9.71. The van der Waals surface area contributed by atoms with E-state index in [-0.39, 0.29) is 5.56 Å². The third-order valence-electron chi connectivity index (χ3n) is 5.50. The second-order valence-corrected chi connectivity index (χ2v) is 7.39. The molecule has 148 valence electrons. The van der Waals surface area contributed by atoms with Crippen LogP contribution in [-0.4, -0.2) is 57.5 Å². The van der Waals surface area contributed by atoms with Crippen LogP contribution in [0.15, 0.2) is 29.2 Å². The van der Waals surface area contributed by atoms with Crippen LogP contribution < -0.4 is 15.8 Å². The van der Waals surface area contributed by atoms with Gasteiger partial charge in [0.25, 0.3) is 5.56 Å². The monoisotopic (exact) mass is 381 g/mol. The number of aromatic nitrogens is 4. The largest absolute Gasteiger partial charge is 0.369 e. The molecule has 8 nitrogen and oxygen atoms in total. The lowest BCUT2D eigenvalue weighted by atomic mass is 10.1. The molecule has 1 aliphatic rings. The highest BCUT2D eigenvalue weighted by Crippen LogP contribution is 2.26. The van der Waals surface area contributed by atoms with Gasteiger partial charge in [-0.3, -0.25) is 9.48 Å². The number of fused-ring (bicyclic) bond motifs is 1. The van der Waals surface area contributed by atoms with Crippen molar-refractivity contribution < 1.29 is 0 Å². The second kappa shape index (κ2) is 7.27. The number of nitrogens with zero attached hydrogens (tertiary/aromatic N) is 6. The van der Waals surface area contributed by atoms with Gasteiger partial charge in [0.15, 0.2) is 5.65 Å². The van der Waals surface area contributed by atoms with Crippen LogP contribution in [0, 0.1) is 6.92 Å². The highest BCUT2D eigenvalue weighted by atomic mass is 16.1. The van der Waals surface area contributed by atoms with Crippen molar-refractivity contribution in [2.45, 2.75) is 20.4 Å². The molecule has 1 aliphatic heterocycles. The van der Waals surface area contributed by atoms with Crippen LogP contribution in [0.25, 0.3) is 11.0 Å². The molecule has 0 unspecified atom stereocenters. The van der Waals surface area contributed by atoms with Gasteiger partial charge in [0.05, 0.1) is 0 Å². The SMILES string of the molecule is CCn1c(=O)c2cnc(Nc3ccc(N4CCN(C)CC4)c(C)c3)nc2n1C. The van der Waals surface area contributed by atoms with Crippen molar-refractivity contribution in [1.82, 2.24) is 24.2 Å². The predicted octanol–water partition coefficient (Wildman–Crippen LogP) is 1.95. The summed E-state index contributed by atoms with van der Waals surface area (Å²) in [6.07, 6.45) is 1.60. The Morgan fingerprint density at radius 2 is 1.89 bits per heavy atom. The van der Waals surface area contributed by atoms with E-state index in [0.29, 0.717) is 23.5 Å². The number of rotatable bonds is 4. The fourth-order valence-corrected chi connectivity index (χ4v) is 3.84. The predicted molar refractivity (Wildman–Crippen MR) is 113 cm³/mol. The van der Waals surface area contributed by atoms with E-state index in [0.717, 1.165) is 31.9 Å². The molecule has 0 saturated carbocycles. The Labute approximate surface area is 164 Å². The summed E-state index contributed by atoms with van der Waals surface area (Å²) in [5, 5.41) is 3.81. The maximum absolute atomic E-state index is 12.3. The standard InChI is InChI=1S/C20H27N7O/c1-5-27-19(28)16-13-21-20(23-18(16)25(27)4)22-15-6-7-17(14(2)12-15)26-10-8-24(3)9-11-26/h6-7,12-13H,5,8-11H2,1-4H3,(H,21,22,23). The Balaban J connectivity index is 1.58. The number of nitrogens with one attached hydrogen (secondary N) is 1. The van der Waals surface area contributed by atoms with Crippen LogP contribution in [-0.2, 0) is 13.6 Å². The molecule has 8 heteroatoms. The highest BCUT2D eigenvalue weighted by molar-refractivity contribution is 5.75. The zero-order valence-corrected chi connectivity index (χ0v) is 16.9. The van der Waals surface area contributed by atoms with Crippen LogP contribution in [0.4, 0.5) is 17.3 Å². The molecule has 0 aliphatic carbocycles. The molecule has 0 radical (unpaired) electrons. The van der Waals surface area contributed by atoms with E-state index in [9.17, 15) is 4.79 Å². The summed E-state index contributed by atoms with van der Waals surface area (Å²) in [6, 6.07) is 6.34. The van der Waals surface area contributed by atoms with E-state index < -0.39 is 0 Å². The fourth-order valence-electron chi connectivity index (χ4n) is 3.84. The van der Waals surface area contributed by atoms with Gasteiger partial charge in [-0.05, 0) is 44.7 Å². The van der Waals surface area contributed by atoms with Gasteiger partial charge in [0.1, 0.15) is 5.39 Å². The van der Waals surface area contributed by atoms with Crippen LogP contribution in [0.5, 0.6) is 0 Å². The van der Waals surface area contributed by atoms with Crippen molar-refractivity contribution >= 4 is 28.4 Å². The number of piperazine rings is 1. The zero-order chi connectivity index (χ0) is 19.8. The Morgan fingerprint density at radius 1 is 1.14 bits per heavy atom. The fraction of sp³-hybridized carbons (Fsp3) is 0.450. The molecule has 0 atom stereocenters. The van der Waals surface area contributed by atoms with E-state index in [1.807, 2.05) is 14.0 Å². The number of likely N-dealkylation sites (N-methyl/N-ethyl adjacent to an activating group) is 1. The quantitative estimate of drug-likeness (QED) is 0.745. The third-order valence-corrected chi connectivity index (χ3v) is 5.50. The molecule has 0 amide bonds. The minimum atomic E-state index is -0.0566. The summed E-state index contributed by atoms with van der Waals surface area (Å²) in [5.41, 5.74) is 4.02. The van der Waals surface area contributed by atoms with Crippen molar-refractivity contribution in [2.75, 3.05) is 43.4 Å². The normalized spacial score (nSPS) is 15.4. The Hall–Kier alpha value is -2.87. The van der Waals surface area contributed by atoms with Crippen LogP contribution in [0.2, 0.25) is 0 Å². The maximum Gasteiger partial charge on any atom is 0.277 e. The maximum atomic E-state index is 12.3. The molecule has 2 aromatic heterocycles. The van der Waals surface area contributed by atoms with Gasteiger partial charge in [-0.25, -0.2) is 9.67 Å². The van der Waals surface area contributed by atoms with Crippen molar-refractivity contribution in [3.8, 4) is 0 Å². The summed E-state index contributed by atoms with van der Waals surface area (Å²) >= 11 is 0. The molecular weight excluding hydrogens is 354 g/mol. The van der Waals surface area contributed by atoms with Gasteiger partial charge < -0.3 is 15.1 Å². The summed E-state index contributed by atoms with van der Waals surface area (Å²) in [7, 11) is 4.01. The molecular formula is C20H27N7O. The van der Waals surface area contributed by atoms with Crippen LogP contribution >= 0.6 is 0 Å². The first-order chi connectivity index (χ1) is 13.5. The topological polar surface area (TPSA) is 71.2 Å². The second-order valence-electron chi connectivity index (χ2n) is 7.39. The average molecular weight is 381 g/mol. The molecule has 0 spiro atoms. The lowest BCUT2D eigenvalue weighted by molar-refractivity contribution is 0.312. The number of benzene rings is 1. The van der Waals surface area contributed by atoms with E-state index in [4.69, 9.17) is 0 Å². The van der Waals surface area contributed by atoms with E-state index in [1.165, 1.54) is 11.3 Å². The Bertz CT molecular complexity index is 1060. The Morgan fingerprint density at radius 3 is 2.57 bits per heavy atom. The van der Waals surface area contributed by atoms with Gasteiger partial charge in [-0.15, -0.1) is 0 Å². The van der Waals surface area contributed by atoms with E-state index >= 15 is 0 Å². The highest BCUT2D eigenvalue weighted by Gasteiger charge is 2.16. The van der Waals surface area contributed by atoms with Gasteiger partial charge >= 0.3 is 0 Å². The average Bonchev–Trinajstić information content (AvgIpc) is 2.92. The van der Waals surface area contributed by atoms with Crippen molar-refractivity contribution in [2.24, 2.45) is 7.05 Å². The third kappa shape index (κ3) is 3.24. The minimum Gasteiger partial charge on any atom is -0.369 e. The smallest absolute Gasteiger partial charge is 0.277 e. The number of aryl methyl sites for hydroxylation is 2. The number of hydrogen-bond acceptors (Lipinski definition) is 6. The molecule has 3 aromatic rings. The molecule has 4 rings (SSSR count).